The number of nitrogens with one attached hydrogen (secondary N) is 1. The second kappa shape index (κ2) is 7.11. The second-order valence-corrected chi connectivity index (χ2v) is 8.82. The SMILES string of the molecule is Cc1ccc(NC(=O)c2csc(CCN)n2)cc1N1CCCS1(=O)=O. The number of hydrogen-bond acceptors (Lipinski definition) is 6. The zero-order chi connectivity index (χ0) is 18.0. The third kappa shape index (κ3) is 3.83. The minimum Gasteiger partial charge on any atom is -0.330 e. The van der Waals surface area contributed by atoms with E-state index in [2.05, 4.69) is 10.3 Å². The monoisotopic (exact) mass is 380 g/mol. The van der Waals surface area contributed by atoms with Crippen molar-refractivity contribution in [1.82, 2.24) is 4.98 Å². The van der Waals surface area contributed by atoms with Gasteiger partial charge >= 0.3 is 0 Å². The molecule has 2 aromatic rings. The average Bonchev–Trinajstić information content (AvgIpc) is 3.16. The van der Waals surface area contributed by atoms with Crippen molar-refractivity contribution in [1.29, 1.82) is 0 Å². The normalized spacial score (nSPS) is 16.2. The molecule has 0 unspecified atom stereocenters. The number of sulfonamides is 1. The van der Waals surface area contributed by atoms with E-state index in [0.29, 0.717) is 43.0 Å². The molecular weight excluding hydrogens is 360 g/mol. The molecule has 0 saturated carbocycles. The molecule has 1 aliphatic rings. The van der Waals surface area contributed by atoms with Gasteiger partial charge < -0.3 is 11.1 Å². The van der Waals surface area contributed by atoms with Crippen LogP contribution in [0, 0.1) is 6.92 Å². The molecule has 1 aliphatic heterocycles. The molecule has 9 heteroatoms. The third-order valence-corrected chi connectivity index (χ3v) is 6.74. The Hall–Kier alpha value is -1.97. The van der Waals surface area contributed by atoms with Crippen LogP contribution in [0.25, 0.3) is 0 Å². The molecule has 134 valence electrons. The summed E-state index contributed by atoms with van der Waals surface area (Å²) in [6.07, 6.45) is 1.25. The molecular formula is C16H20N4O3S2. The van der Waals surface area contributed by atoms with Gasteiger partial charge in [-0.3, -0.25) is 9.10 Å². The maximum absolute atomic E-state index is 12.3. The molecule has 7 nitrogen and oxygen atoms in total. The number of carbonyl (C=O) groups is 1. The number of nitrogens with two attached hydrogens (primary N) is 1. The highest BCUT2D eigenvalue weighted by Gasteiger charge is 2.29. The zero-order valence-electron chi connectivity index (χ0n) is 13.9. The van der Waals surface area contributed by atoms with Crippen LogP contribution in [-0.4, -0.2) is 38.2 Å². The van der Waals surface area contributed by atoms with Crippen LogP contribution in [0.5, 0.6) is 0 Å². The summed E-state index contributed by atoms with van der Waals surface area (Å²) in [5.41, 5.74) is 7.83. The summed E-state index contributed by atoms with van der Waals surface area (Å²) in [5, 5.41) is 5.30. The smallest absolute Gasteiger partial charge is 0.275 e. The van der Waals surface area contributed by atoms with Crippen molar-refractivity contribution in [3.63, 3.8) is 0 Å². The number of thiazole rings is 1. The molecule has 1 fully saturated rings. The first-order valence-electron chi connectivity index (χ1n) is 7.97. The van der Waals surface area contributed by atoms with Crippen molar-refractivity contribution in [3.8, 4) is 0 Å². The van der Waals surface area contributed by atoms with E-state index in [4.69, 9.17) is 5.73 Å². The van der Waals surface area contributed by atoms with Crippen LogP contribution in [-0.2, 0) is 16.4 Å². The van der Waals surface area contributed by atoms with E-state index in [1.807, 2.05) is 6.92 Å². The molecule has 3 rings (SSSR count). The number of aromatic nitrogens is 1. The van der Waals surface area contributed by atoms with Gasteiger partial charge in [0.25, 0.3) is 5.91 Å². The summed E-state index contributed by atoms with van der Waals surface area (Å²) < 4.78 is 25.7. The summed E-state index contributed by atoms with van der Waals surface area (Å²) >= 11 is 1.40. The van der Waals surface area contributed by atoms with Crippen LogP contribution >= 0.6 is 11.3 Å². The summed E-state index contributed by atoms with van der Waals surface area (Å²) in [7, 11) is -3.26. The van der Waals surface area contributed by atoms with Gasteiger partial charge in [0, 0.05) is 24.0 Å². The van der Waals surface area contributed by atoms with E-state index in [9.17, 15) is 13.2 Å². The van der Waals surface area contributed by atoms with Gasteiger partial charge in [0.1, 0.15) is 5.69 Å². The summed E-state index contributed by atoms with van der Waals surface area (Å²) in [4.78, 5) is 16.6. The van der Waals surface area contributed by atoms with Crippen LogP contribution in [0.4, 0.5) is 11.4 Å². The molecule has 1 aromatic heterocycles. The fourth-order valence-corrected chi connectivity index (χ4v) is 5.13. The van der Waals surface area contributed by atoms with Gasteiger partial charge in [0.15, 0.2) is 0 Å². The van der Waals surface area contributed by atoms with E-state index >= 15 is 0 Å². The third-order valence-electron chi connectivity index (χ3n) is 3.98. The minimum atomic E-state index is -3.26. The number of carbonyl (C=O) groups excluding carboxylic acids is 1. The molecule has 0 radical (unpaired) electrons. The maximum atomic E-state index is 12.3. The molecule has 2 heterocycles. The van der Waals surface area contributed by atoms with Crippen molar-refractivity contribution in [2.75, 3.05) is 28.5 Å². The quantitative estimate of drug-likeness (QED) is 0.822. The van der Waals surface area contributed by atoms with Gasteiger partial charge in [-0.2, -0.15) is 0 Å². The topological polar surface area (TPSA) is 105 Å². The van der Waals surface area contributed by atoms with E-state index in [-0.39, 0.29) is 11.7 Å². The number of hydrogen-bond donors (Lipinski definition) is 2. The Labute approximate surface area is 150 Å². The van der Waals surface area contributed by atoms with Gasteiger partial charge in [-0.1, -0.05) is 6.07 Å². The van der Waals surface area contributed by atoms with Crippen LogP contribution in [0.2, 0.25) is 0 Å². The van der Waals surface area contributed by atoms with Gasteiger partial charge in [-0.15, -0.1) is 11.3 Å². The van der Waals surface area contributed by atoms with Crippen molar-refractivity contribution in [2.45, 2.75) is 19.8 Å². The summed E-state index contributed by atoms with van der Waals surface area (Å²) in [5.74, 6) is -0.162. The highest BCUT2D eigenvalue weighted by atomic mass is 32.2. The predicted octanol–water partition coefficient (Wildman–Crippen LogP) is 1.74. The Kier molecular flexibility index (Phi) is 5.07. The number of aryl methyl sites for hydroxylation is 1. The zero-order valence-corrected chi connectivity index (χ0v) is 15.5. The molecule has 1 amide bonds. The van der Waals surface area contributed by atoms with Gasteiger partial charge in [-0.05, 0) is 37.6 Å². The summed E-state index contributed by atoms with van der Waals surface area (Å²) in [6.45, 7) is 2.81. The van der Waals surface area contributed by atoms with E-state index in [1.54, 1.807) is 23.6 Å². The molecule has 25 heavy (non-hydrogen) atoms. The van der Waals surface area contributed by atoms with Crippen molar-refractivity contribution >= 4 is 38.6 Å². The Balaban J connectivity index is 1.81. The molecule has 0 atom stereocenters. The average molecular weight is 380 g/mol. The van der Waals surface area contributed by atoms with E-state index in [0.717, 1.165) is 10.6 Å². The molecule has 0 aliphatic carbocycles. The van der Waals surface area contributed by atoms with Crippen molar-refractivity contribution in [3.05, 3.63) is 39.8 Å². The standard InChI is InChI=1S/C16H20N4O3S2/c1-11-3-4-12(9-14(11)20-7-2-8-25(20,22)23)18-16(21)13-10-24-15(19-13)5-6-17/h3-4,9-10H,2,5-8,17H2,1H3,(H,18,21). The van der Waals surface area contributed by atoms with Gasteiger partial charge in [-0.25, -0.2) is 13.4 Å². The van der Waals surface area contributed by atoms with Gasteiger partial charge in [0.05, 0.1) is 16.4 Å². The number of benzene rings is 1. The lowest BCUT2D eigenvalue weighted by atomic mass is 10.1. The molecule has 1 saturated heterocycles. The fraction of sp³-hybridized carbons (Fsp3) is 0.375. The van der Waals surface area contributed by atoms with E-state index in [1.165, 1.54) is 15.6 Å². The molecule has 0 bridgehead atoms. The summed E-state index contributed by atoms with van der Waals surface area (Å²) in [6, 6.07) is 5.26. The van der Waals surface area contributed by atoms with Crippen LogP contribution in [0.1, 0.15) is 27.5 Å². The minimum absolute atomic E-state index is 0.159. The molecule has 3 N–H and O–H groups in total. The number of rotatable bonds is 5. The number of amides is 1. The van der Waals surface area contributed by atoms with Crippen molar-refractivity contribution < 1.29 is 13.2 Å². The largest absolute Gasteiger partial charge is 0.330 e. The second-order valence-electron chi connectivity index (χ2n) is 5.86. The Morgan fingerprint density at radius 1 is 1.44 bits per heavy atom. The van der Waals surface area contributed by atoms with Crippen molar-refractivity contribution in [2.24, 2.45) is 5.73 Å². The van der Waals surface area contributed by atoms with Crippen LogP contribution in [0.15, 0.2) is 23.6 Å². The first-order valence-corrected chi connectivity index (χ1v) is 10.5. The lowest BCUT2D eigenvalue weighted by molar-refractivity contribution is 0.102. The lowest BCUT2D eigenvalue weighted by Gasteiger charge is -2.20. The fourth-order valence-electron chi connectivity index (χ4n) is 2.71. The Morgan fingerprint density at radius 2 is 2.24 bits per heavy atom. The highest BCUT2D eigenvalue weighted by molar-refractivity contribution is 7.93. The lowest BCUT2D eigenvalue weighted by Crippen LogP contribution is -2.26. The Morgan fingerprint density at radius 3 is 2.92 bits per heavy atom. The first-order chi connectivity index (χ1) is 11.9. The first kappa shape index (κ1) is 17.8. The van der Waals surface area contributed by atoms with Crippen LogP contribution < -0.4 is 15.4 Å². The van der Waals surface area contributed by atoms with Crippen LogP contribution in [0.3, 0.4) is 0 Å². The molecule has 1 aromatic carbocycles. The predicted molar refractivity (Wildman–Crippen MR) is 99.8 cm³/mol. The highest BCUT2D eigenvalue weighted by Crippen LogP contribution is 2.30. The molecule has 0 spiro atoms. The van der Waals surface area contributed by atoms with E-state index < -0.39 is 10.0 Å². The number of nitrogens with zero attached hydrogens (tertiary/aromatic N) is 2. The maximum Gasteiger partial charge on any atom is 0.275 e. The Bertz CT molecular complexity index is 893. The number of anilines is 2. The van der Waals surface area contributed by atoms with Gasteiger partial charge in [0.2, 0.25) is 10.0 Å².